The van der Waals surface area contributed by atoms with Crippen LogP contribution in [-0.2, 0) is 20.7 Å². The van der Waals surface area contributed by atoms with Gasteiger partial charge in [0, 0.05) is 32.4 Å². The molecule has 2 rings (SSSR count). The molecule has 2 heterocycles. The fourth-order valence-corrected chi connectivity index (χ4v) is 2.36. The number of piperidine rings is 1. The molecule has 22 heavy (non-hydrogen) atoms. The zero-order valence-corrected chi connectivity index (χ0v) is 13.1. The van der Waals surface area contributed by atoms with Gasteiger partial charge in [0.15, 0.2) is 0 Å². The molecule has 0 unspecified atom stereocenters. The predicted molar refractivity (Wildman–Crippen MR) is 79.3 cm³/mol. The van der Waals surface area contributed by atoms with Crippen molar-refractivity contribution in [3.63, 3.8) is 0 Å². The van der Waals surface area contributed by atoms with Gasteiger partial charge in [0.25, 0.3) is 0 Å². The Bertz CT molecular complexity index is 475. The molecule has 1 aromatic heterocycles. The van der Waals surface area contributed by atoms with Gasteiger partial charge in [0.2, 0.25) is 0 Å². The molecular weight excluding hydrogens is 286 g/mol. The second kappa shape index (κ2) is 7.87. The van der Waals surface area contributed by atoms with Crippen LogP contribution in [0.3, 0.4) is 0 Å². The van der Waals surface area contributed by atoms with Crippen LogP contribution in [-0.4, -0.2) is 42.3 Å². The zero-order chi connectivity index (χ0) is 15.9. The number of esters is 1. The van der Waals surface area contributed by atoms with E-state index in [1.54, 1.807) is 17.2 Å². The van der Waals surface area contributed by atoms with Gasteiger partial charge < -0.3 is 18.8 Å². The van der Waals surface area contributed by atoms with E-state index in [9.17, 15) is 9.59 Å². The quantitative estimate of drug-likeness (QED) is 0.782. The Morgan fingerprint density at radius 3 is 2.68 bits per heavy atom. The van der Waals surface area contributed by atoms with E-state index in [1.807, 2.05) is 19.9 Å². The molecule has 1 amide bonds. The first-order chi connectivity index (χ1) is 10.5. The summed E-state index contributed by atoms with van der Waals surface area (Å²) in [6.45, 7) is 4.76. The standard InChI is InChI=1S/C16H23NO5/c1-12(2)21-16(19)17-9-7-14(8-10-17)22-15(18)6-5-13-4-3-11-20-13/h3-4,11-12,14H,5-10H2,1-2H3. The highest BCUT2D eigenvalue weighted by atomic mass is 16.6. The lowest BCUT2D eigenvalue weighted by Gasteiger charge is -2.31. The van der Waals surface area contributed by atoms with Crippen molar-refractivity contribution < 1.29 is 23.5 Å². The molecule has 0 atom stereocenters. The van der Waals surface area contributed by atoms with Crippen LogP contribution in [0.4, 0.5) is 4.79 Å². The summed E-state index contributed by atoms with van der Waals surface area (Å²) >= 11 is 0. The fourth-order valence-electron chi connectivity index (χ4n) is 2.36. The smallest absolute Gasteiger partial charge is 0.410 e. The molecule has 0 radical (unpaired) electrons. The van der Waals surface area contributed by atoms with Crippen LogP contribution in [0.1, 0.15) is 38.9 Å². The number of likely N-dealkylation sites (tertiary alicyclic amines) is 1. The van der Waals surface area contributed by atoms with Gasteiger partial charge in [-0.3, -0.25) is 4.79 Å². The highest BCUT2D eigenvalue weighted by Crippen LogP contribution is 2.16. The van der Waals surface area contributed by atoms with Crippen molar-refractivity contribution >= 4 is 12.1 Å². The molecule has 0 saturated carbocycles. The highest BCUT2D eigenvalue weighted by molar-refractivity contribution is 5.70. The molecule has 0 bridgehead atoms. The van der Waals surface area contributed by atoms with Gasteiger partial charge in [-0.2, -0.15) is 0 Å². The first-order valence-corrected chi connectivity index (χ1v) is 7.72. The topological polar surface area (TPSA) is 69.0 Å². The highest BCUT2D eigenvalue weighted by Gasteiger charge is 2.26. The number of carbonyl (C=O) groups is 2. The third kappa shape index (κ3) is 5.09. The molecule has 6 nitrogen and oxygen atoms in total. The summed E-state index contributed by atoms with van der Waals surface area (Å²) in [7, 11) is 0. The molecule has 1 aliphatic heterocycles. The maximum atomic E-state index is 11.8. The lowest BCUT2D eigenvalue weighted by atomic mass is 10.1. The molecule has 0 spiro atoms. The Morgan fingerprint density at radius 2 is 2.09 bits per heavy atom. The van der Waals surface area contributed by atoms with E-state index in [2.05, 4.69) is 0 Å². The lowest BCUT2D eigenvalue weighted by molar-refractivity contribution is -0.151. The molecule has 0 aliphatic carbocycles. The van der Waals surface area contributed by atoms with Crippen molar-refractivity contribution in [2.45, 2.75) is 51.7 Å². The number of furan rings is 1. The Hall–Kier alpha value is -1.98. The fraction of sp³-hybridized carbons (Fsp3) is 0.625. The van der Waals surface area contributed by atoms with Gasteiger partial charge in [0.1, 0.15) is 11.9 Å². The van der Waals surface area contributed by atoms with Crippen molar-refractivity contribution in [2.75, 3.05) is 13.1 Å². The van der Waals surface area contributed by atoms with Crippen LogP contribution in [0.2, 0.25) is 0 Å². The van der Waals surface area contributed by atoms with Crippen molar-refractivity contribution in [1.29, 1.82) is 0 Å². The first kappa shape index (κ1) is 16.4. The third-order valence-corrected chi connectivity index (χ3v) is 3.49. The summed E-state index contributed by atoms with van der Waals surface area (Å²) in [5, 5.41) is 0. The van der Waals surface area contributed by atoms with Crippen LogP contribution in [0.25, 0.3) is 0 Å². The molecule has 122 valence electrons. The molecule has 1 saturated heterocycles. The largest absolute Gasteiger partial charge is 0.469 e. The van der Waals surface area contributed by atoms with Crippen molar-refractivity contribution in [1.82, 2.24) is 4.90 Å². The van der Waals surface area contributed by atoms with E-state index in [0.717, 1.165) is 5.76 Å². The Morgan fingerprint density at radius 1 is 1.36 bits per heavy atom. The van der Waals surface area contributed by atoms with Gasteiger partial charge in [-0.15, -0.1) is 0 Å². The summed E-state index contributed by atoms with van der Waals surface area (Å²) in [5.41, 5.74) is 0. The van der Waals surface area contributed by atoms with E-state index in [0.29, 0.717) is 38.8 Å². The van der Waals surface area contributed by atoms with Crippen molar-refractivity contribution in [2.24, 2.45) is 0 Å². The SMILES string of the molecule is CC(C)OC(=O)N1CCC(OC(=O)CCc2ccco2)CC1. The summed E-state index contributed by atoms with van der Waals surface area (Å²) in [6, 6.07) is 3.64. The van der Waals surface area contributed by atoms with Crippen molar-refractivity contribution in [3.8, 4) is 0 Å². The Kier molecular flexibility index (Phi) is 5.86. The van der Waals surface area contributed by atoms with Crippen LogP contribution in [0, 0.1) is 0 Å². The number of carbonyl (C=O) groups excluding carboxylic acids is 2. The number of hydrogen-bond donors (Lipinski definition) is 0. The summed E-state index contributed by atoms with van der Waals surface area (Å²) in [6.07, 6.45) is 3.22. The average Bonchev–Trinajstić information content (AvgIpc) is 2.98. The number of ether oxygens (including phenoxy) is 2. The summed E-state index contributed by atoms with van der Waals surface area (Å²) in [5.74, 6) is 0.558. The number of hydrogen-bond acceptors (Lipinski definition) is 5. The average molecular weight is 309 g/mol. The van der Waals surface area contributed by atoms with E-state index in [1.165, 1.54) is 0 Å². The molecule has 6 heteroatoms. The number of amides is 1. The maximum Gasteiger partial charge on any atom is 0.410 e. The van der Waals surface area contributed by atoms with E-state index in [4.69, 9.17) is 13.9 Å². The van der Waals surface area contributed by atoms with E-state index >= 15 is 0 Å². The van der Waals surface area contributed by atoms with Crippen LogP contribution < -0.4 is 0 Å². The molecule has 0 aromatic carbocycles. The third-order valence-electron chi connectivity index (χ3n) is 3.49. The second-order valence-electron chi connectivity index (χ2n) is 5.69. The number of aryl methyl sites for hydroxylation is 1. The number of rotatable bonds is 5. The minimum Gasteiger partial charge on any atom is -0.469 e. The van der Waals surface area contributed by atoms with Gasteiger partial charge in [0.05, 0.1) is 18.8 Å². The molecule has 1 fully saturated rings. The minimum absolute atomic E-state index is 0.118. The van der Waals surface area contributed by atoms with E-state index in [-0.39, 0.29) is 24.3 Å². The van der Waals surface area contributed by atoms with Gasteiger partial charge in [-0.25, -0.2) is 4.79 Å². The maximum absolute atomic E-state index is 11.8. The van der Waals surface area contributed by atoms with Crippen molar-refractivity contribution in [3.05, 3.63) is 24.2 Å². The molecule has 0 N–H and O–H groups in total. The molecule has 1 aromatic rings. The minimum atomic E-state index is -0.294. The van der Waals surface area contributed by atoms with Crippen LogP contribution in [0.15, 0.2) is 22.8 Å². The lowest BCUT2D eigenvalue weighted by Crippen LogP contribution is -2.42. The zero-order valence-electron chi connectivity index (χ0n) is 13.1. The second-order valence-corrected chi connectivity index (χ2v) is 5.69. The van der Waals surface area contributed by atoms with Gasteiger partial charge in [-0.1, -0.05) is 0 Å². The summed E-state index contributed by atoms with van der Waals surface area (Å²) < 4.78 is 15.8. The Balaban J connectivity index is 1.66. The van der Waals surface area contributed by atoms with Crippen LogP contribution in [0.5, 0.6) is 0 Å². The number of nitrogens with zero attached hydrogens (tertiary/aromatic N) is 1. The van der Waals surface area contributed by atoms with Crippen LogP contribution >= 0.6 is 0 Å². The molecule has 1 aliphatic rings. The summed E-state index contributed by atoms with van der Waals surface area (Å²) in [4.78, 5) is 25.2. The molecular formula is C16H23NO5. The Labute approximate surface area is 130 Å². The van der Waals surface area contributed by atoms with Gasteiger partial charge >= 0.3 is 12.1 Å². The monoisotopic (exact) mass is 309 g/mol. The normalized spacial score (nSPS) is 15.9. The van der Waals surface area contributed by atoms with Gasteiger partial charge in [-0.05, 0) is 26.0 Å². The van der Waals surface area contributed by atoms with E-state index < -0.39 is 0 Å². The predicted octanol–water partition coefficient (Wildman–Crippen LogP) is 2.76. The first-order valence-electron chi connectivity index (χ1n) is 7.72.